The number of hydrogen-bond donors (Lipinski definition) is 1. The van der Waals surface area contributed by atoms with Crippen LogP contribution < -0.4 is 10.2 Å². The third kappa shape index (κ3) is 4.34. The minimum absolute atomic E-state index is 0.0932. The molecule has 1 aliphatic rings. The first-order valence-electron chi connectivity index (χ1n) is 10.1. The Balaban J connectivity index is 1.62. The largest absolute Gasteiger partial charge is 0.335 e. The van der Waals surface area contributed by atoms with E-state index in [9.17, 15) is 14.4 Å². The lowest BCUT2D eigenvalue weighted by Gasteiger charge is -2.27. The van der Waals surface area contributed by atoms with E-state index in [2.05, 4.69) is 5.32 Å². The molecule has 0 unspecified atom stereocenters. The smallest absolute Gasteiger partial charge is 0.273 e. The van der Waals surface area contributed by atoms with Crippen molar-refractivity contribution in [3.05, 3.63) is 105 Å². The molecule has 1 fully saturated rings. The van der Waals surface area contributed by atoms with Crippen molar-refractivity contribution in [3.8, 4) is 0 Å². The number of carbonyl (C=O) groups excluding carboxylic acids is 3. The molecular formula is C26H21ClN2O3. The molecule has 0 radical (unpaired) electrons. The van der Waals surface area contributed by atoms with Crippen LogP contribution in [-0.4, -0.2) is 17.8 Å². The molecule has 0 aromatic heterocycles. The highest BCUT2D eigenvalue weighted by atomic mass is 35.5. The van der Waals surface area contributed by atoms with E-state index in [1.54, 1.807) is 6.07 Å². The van der Waals surface area contributed by atoms with Gasteiger partial charge in [0.2, 0.25) is 0 Å². The summed E-state index contributed by atoms with van der Waals surface area (Å²) in [7, 11) is 0. The molecule has 0 bridgehead atoms. The van der Waals surface area contributed by atoms with Gasteiger partial charge in [-0.15, -0.1) is 0 Å². The Hall–Kier alpha value is -3.70. The monoisotopic (exact) mass is 444 g/mol. The third-order valence-electron chi connectivity index (χ3n) is 5.35. The number of amides is 4. The van der Waals surface area contributed by atoms with Crippen LogP contribution in [0.3, 0.4) is 0 Å². The molecule has 0 saturated carbocycles. The number of halogens is 1. The van der Waals surface area contributed by atoms with E-state index in [1.807, 2.05) is 74.5 Å². The quantitative estimate of drug-likeness (QED) is 0.443. The van der Waals surface area contributed by atoms with Crippen LogP contribution in [0.1, 0.15) is 27.8 Å². The van der Waals surface area contributed by atoms with Gasteiger partial charge in [-0.2, -0.15) is 0 Å². The maximum Gasteiger partial charge on any atom is 0.335 e. The maximum atomic E-state index is 13.1. The molecule has 0 atom stereocenters. The number of urea groups is 1. The van der Waals surface area contributed by atoms with E-state index in [0.717, 1.165) is 27.2 Å². The molecular weight excluding hydrogens is 424 g/mol. The van der Waals surface area contributed by atoms with Crippen molar-refractivity contribution in [1.29, 1.82) is 0 Å². The zero-order valence-corrected chi connectivity index (χ0v) is 18.4. The number of nitrogens with one attached hydrogen (secondary N) is 1. The molecule has 3 aromatic carbocycles. The van der Waals surface area contributed by atoms with Gasteiger partial charge in [0, 0.05) is 5.02 Å². The summed E-state index contributed by atoms with van der Waals surface area (Å²) < 4.78 is 0. The van der Waals surface area contributed by atoms with Gasteiger partial charge in [0.1, 0.15) is 5.57 Å². The van der Waals surface area contributed by atoms with Gasteiger partial charge < -0.3 is 0 Å². The number of nitrogens with zero attached hydrogens (tertiary/aromatic N) is 1. The van der Waals surface area contributed by atoms with E-state index in [0.29, 0.717) is 22.7 Å². The molecule has 32 heavy (non-hydrogen) atoms. The first-order chi connectivity index (χ1) is 15.3. The number of anilines is 1. The maximum absolute atomic E-state index is 13.1. The second kappa shape index (κ2) is 8.81. The summed E-state index contributed by atoms with van der Waals surface area (Å²) in [5.41, 5.74) is 4.78. The molecule has 3 aromatic rings. The molecule has 0 aliphatic carbocycles. The third-order valence-corrected chi connectivity index (χ3v) is 5.72. The van der Waals surface area contributed by atoms with E-state index in [1.165, 1.54) is 6.08 Å². The van der Waals surface area contributed by atoms with Gasteiger partial charge >= 0.3 is 6.03 Å². The topological polar surface area (TPSA) is 66.5 Å². The van der Waals surface area contributed by atoms with Gasteiger partial charge in [0.25, 0.3) is 11.8 Å². The summed E-state index contributed by atoms with van der Waals surface area (Å²) >= 11 is 6.24. The average molecular weight is 445 g/mol. The molecule has 1 heterocycles. The molecule has 1 saturated heterocycles. The molecule has 4 amide bonds. The highest BCUT2D eigenvalue weighted by Gasteiger charge is 2.37. The van der Waals surface area contributed by atoms with Gasteiger partial charge in [-0.1, -0.05) is 66.2 Å². The van der Waals surface area contributed by atoms with E-state index in [4.69, 9.17) is 11.6 Å². The standard InChI is InChI=1S/C26H21ClN2O3/c1-16-7-8-17(2)23(13-16)29-25(31)21(24(30)28-26(29)32)15-19-11-9-18(10-12-19)14-20-5-3-4-6-22(20)27/h3-13,15H,14H2,1-2H3,(H,28,30,32)/b21-15+. The Morgan fingerprint density at radius 1 is 0.938 bits per heavy atom. The van der Waals surface area contributed by atoms with Crippen molar-refractivity contribution < 1.29 is 14.4 Å². The summed E-state index contributed by atoms with van der Waals surface area (Å²) in [5.74, 6) is -1.35. The summed E-state index contributed by atoms with van der Waals surface area (Å²) in [6.07, 6.45) is 2.17. The van der Waals surface area contributed by atoms with Crippen LogP contribution in [0, 0.1) is 13.8 Å². The summed E-state index contributed by atoms with van der Waals surface area (Å²) in [6, 6.07) is 19.9. The minimum atomic E-state index is -0.749. The number of carbonyl (C=O) groups is 3. The normalized spacial score (nSPS) is 15.3. The fourth-order valence-electron chi connectivity index (χ4n) is 3.60. The first kappa shape index (κ1) is 21.5. The van der Waals surface area contributed by atoms with Crippen molar-refractivity contribution >= 4 is 41.2 Å². The highest BCUT2D eigenvalue weighted by Crippen LogP contribution is 2.26. The predicted molar refractivity (Wildman–Crippen MR) is 126 cm³/mol. The fourth-order valence-corrected chi connectivity index (χ4v) is 3.80. The Morgan fingerprint density at radius 3 is 2.38 bits per heavy atom. The van der Waals surface area contributed by atoms with Crippen LogP contribution in [0.5, 0.6) is 0 Å². The summed E-state index contributed by atoms with van der Waals surface area (Å²) in [6.45, 7) is 3.69. The van der Waals surface area contributed by atoms with Gasteiger partial charge in [0.15, 0.2) is 0 Å². The molecule has 1 N–H and O–H groups in total. The molecule has 1 aliphatic heterocycles. The van der Waals surface area contributed by atoms with Crippen molar-refractivity contribution in [2.24, 2.45) is 0 Å². The second-order valence-corrected chi connectivity index (χ2v) is 8.16. The van der Waals surface area contributed by atoms with Gasteiger partial charge in [0.05, 0.1) is 5.69 Å². The van der Waals surface area contributed by atoms with Crippen molar-refractivity contribution in [2.45, 2.75) is 20.3 Å². The molecule has 4 rings (SSSR count). The molecule has 6 heteroatoms. The van der Waals surface area contributed by atoms with Crippen LogP contribution >= 0.6 is 11.6 Å². The number of aryl methyl sites for hydroxylation is 2. The van der Waals surface area contributed by atoms with Gasteiger partial charge in [-0.25, -0.2) is 9.69 Å². The van der Waals surface area contributed by atoms with Crippen LogP contribution in [-0.2, 0) is 16.0 Å². The van der Waals surface area contributed by atoms with Gasteiger partial charge in [-0.3, -0.25) is 14.9 Å². The van der Waals surface area contributed by atoms with Crippen LogP contribution in [0.4, 0.5) is 10.5 Å². The Bertz CT molecular complexity index is 1260. The number of rotatable bonds is 4. The number of barbiturate groups is 1. The Labute approximate surface area is 191 Å². The number of benzene rings is 3. The summed E-state index contributed by atoms with van der Waals surface area (Å²) in [4.78, 5) is 39.0. The number of imide groups is 2. The second-order valence-electron chi connectivity index (χ2n) is 7.76. The predicted octanol–water partition coefficient (Wildman–Crippen LogP) is 5.21. The number of hydrogen-bond acceptors (Lipinski definition) is 3. The lowest BCUT2D eigenvalue weighted by atomic mass is 10.0. The van der Waals surface area contributed by atoms with Crippen LogP contribution in [0.15, 0.2) is 72.3 Å². The first-order valence-corrected chi connectivity index (χ1v) is 10.5. The van der Waals surface area contributed by atoms with E-state index >= 15 is 0 Å². The zero-order valence-electron chi connectivity index (χ0n) is 17.7. The SMILES string of the molecule is Cc1ccc(C)c(N2C(=O)NC(=O)/C(=C\c3ccc(Cc4ccccc4Cl)cc3)C2=O)c1. The lowest BCUT2D eigenvalue weighted by Crippen LogP contribution is -2.54. The van der Waals surface area contributed by atoms with Crippen LogP contribution in [0.2, 0.25) is 5.02 Å². The van der Waals surface area contributed by atoms with E-state index in [-0.39, 0.29) is 5.57 Å². The lowest BCUT2D eigenvalue weighted by molar-refractivity contribution is -0.122. The van der Waals surface area contributed by atoms with Crippen molar-refractivity contribution in [2.75, 3.05) is 4.90 Å². The Morgan fingerprint density at radius 2 is 1.66 bits per heavy atom. The fraction of sp³-hybridized carbons (Fsp3) is 0.115. The van der Waals surface area contributed by atoms with Gasteiger partial charge in [-0.05, 0) is 66.3 Å². The molecule has 0 spiro atoms. The minimum Gasteiger partial charge on any atom is -0.273 e. The molecule has 160 valence electrons. The van der Waals surface area contributed by atoms with Crippen molar-refractivity contribution in [1.82, 2.24) is 5.32 Å². The zero-order chi connectivity index (χ0) is 22.8. The molecule has 5 nitrogen and oxygen atoms in total. The summed E-state index contributed by atoms with van der Waals surface area (Å²) in [5, 5.41) is 2.98. The van der Waals surface area contributed by atoms with E-state index < -0.39 is 17.8 Å². The van der Waals surface area contributed by atoms with Crippen molar-refractivity contribution in [3.63, 3.8) is 0 Å². The highest BCUT2D eigenvalue weighted by molar-refractivity contribution is 6.39. The van der Waals surface area contributed by atoms with Crippen LogP contribution in [0.25, 0.3) is 6.08 Å². The Kier molecular flexibility index (Phi) is 5.93. The average Bonchev–Trinajstić information content (AvgIpc) is 2.76.